The molecule has 2 aromatic heterocycles. The van der Waals surface area contributed by atoms with Crippen LogP contribution in [0.5, 0.6) is 0 Å². The average Bonchev–Trinajstić information content (AvgIpc) is 3.50. The molecule has 3 aliphatic heterocycles. The smallest absolute Gasteiger partial charge is 0.270 e. The van der Waals surface area contributed by atoms with Gasteiger partial charge in [-0.05, 0) is 55.9 Å². The minimum atomic E-state index is 0.0463. The van der Waals surface area contributed by atoms with Crippen molar-refractivity contribution < 1.29 is 9.59 Å². The van der Waals surface area contributed by atoms with Gasteiger partial charge in [0, 0.05) is 55.9 Å². The number of pyridine rings is 1. The van der Waals surface area contributed by atoms with Gasteiger partial charge in [0.1, 0.15) is 5.69 Å². The Labute approximate surface area is 158 Å². The van der Waals surface area contributed by atoms with Gasteiger partial charge >= 0.3 is 0 Å². The number of carbonyl (C=O) groups excluding carboxylic acids is 2. The predicted octanol–water partition coefficient (Wildman–Crippen LogP) is 2.59. The summed E-state index contributed by atoms with van der Waals surface area (Å²) < 4.78 is 2.14. The highest BCUT2D eigenvalue weighted by molar-refractivity contribution is 5.95. The molecule has 4 aliphatic rings. The first-order chi connectivity index (χ1) is 13.2. The fraction of sp³-hybridized carbons (Fsp3) is 0.476. The van der Waals surface area contributed by atoms with Crippen molar-refractivity contribution in [1.29, 1.82) is 0 Å². The van der Waals surface area contributed by atoms with Crippen LogP contribution >= 0.6 is 0 Å². The molecular weight excluding hydrogens is 340 g/mol. The zero-order valence-corrected chi connectivity index (χ0v) is 15.3. The Balaban J connectivity index is 1.37. The largest absolute Gasteiger partial charge is 0.340 e. The molecule has 4 fully saturated rings. The first kappa shape index (κ1) is 16.5. The van der Waals surface area contributed by atoms with E-state index in [9.17, 15) is 9.59 Å². The molecule has 0 spiro atoms. The molecule has 1 saturated carbocycles. The van der Waals surface area contributed by atoms with Crippen LogP contribution in [0.4, 0.5) is 0 Å². The molecule has 1 aliphatic carbocycles. The van der Waals surface area contributed by atoms with Gasteiger partial charge in [-0.1, -0.05) is 0 Å². The number of carbonyl (C=O) groups is 2. The molecule has 3 saturated heterocycles. The Bertz CT molecular complexity index is 858. The molecule has 2 bridgehead atoms. The zero-order chi connectivity index (χ0) is 18.4. The molecule has 0 aromatic carbocycles. The minimum Gasteiger partial charge on any atom is -0.340 e. The van der Waals surface area contributed by atoms with Crippen molar-refractivity contribution in [2.24, 2.45) is 5.92 Å². The monoisotopic (exact) mass is 364 g/mol. The van der Waals surface area contributed by atoms with E-state index >= 15 is 0 Å². The molecule has 6 heteroatoms. The van der Waals surface area contributed by atoms with Gasteiger partial charge in [0.25, 0.3) is 11.8 Å². The normalized spacial score (nSPS) is 24.7. The van der Waals surface area contributed by atoms with Crippen molar-refractivity contribution >= 4 is 11.8 Å². The summed E-state index contributed by atoms with van der Waals surface area (Å²) in [5.74, 6) is 0.521. The third-order valence-corrected chi connectivity index (χ3v) is 6.13. The lowest BCUT2D eigenvalue weighted by Crippen LogP contribution is -2.48. The van der Waals surface area contributed by atoms with Crippen LogP contribution < -0.4 is 0 Å². The Hall–Kier alpha value is -2.63. The summed E-state index contributed by atoms with van der Waals surface area (Å²) in [5.41, 5.74) is 1.48. The van der Waals surface area contributed by atoms with Crippen molar-refractivity contribution in [3.8, 4) is 0 Å². The number of amides is 2. The van der Waals surface area contributed by atoms with Crippen LogP contribution in [0.15, 0.2) is 42.9 Å². The quantitative estimate of drug-likeness (QED) is 0.841. The van der Waals surface area contributed by atoms with Crippen LogP contribution in [-0.4, -0.2) is 56.8 Å². The molecule has 2 aromatic rings. The molecule has 0 radical (unpaired) electrons. The van der Waals surface area contributed by atoms with E-state index in [1.165, 1.54) is 0 Å². The maximum Gasteiger partial charge on any atom is 0.270 e. The molecule has 0 N–H and O–H groups in total. The van der Waals surface area contributed by atoms with Crippen molar-refractivity contribution in [3.05, 3.63) is 54.1 Å². The van der Waals surface area contributed by atoms with E-state index in [2.05, 4.69) is 9.55 Å². The molecule has 2 atom stereocenters. The van der Waals surface area contributed by atoms with E-state index in [1.54, 1.807) is 24.5 Å². The molecular formula is C21H24N4O2. The van der Waals surface area contributed by atoms with Crippen LogP contribution in [-0.2, 0) is 0 Å². The highest BCUT2D eigenvalue weighted by atomic mass is 16.2. The van der Waals surface area contributed by atoms with Gasteiger partial charge < -0.3 is 14.4 Å². The van der Waals surface area contributed by atoms with Crippen LogP contribution in [0.3, 0.4) is 0 Å². The minimum absolute atomic E-state index is 0.0463. The lowest BCUT2D eigenvalue weighted by molar-refractivity contribution is 0.0564. The molecule has 27 heavy (non-hydrogen) atoms. The van der Waals surface area contributed by atoms with Crippen LogP contribution in [0, 0.1) is 5.92 Å². The second-order valence-electron chi connectivity index (χ2n) is 8.03. The van der Waals surface area contributed by atoms with Crippen molar-refractivity contribution in [2.75, 3.05) is 19.6 Å². The van der Waals surface area contributed by atoms with Crippen molar-refractivity contribution in [1.82, 2.24) is 19.4 Å². The van der Waals surface area contributed by atoms with Crippen LogP contribution in [0.2, 0.25) is 0 Å². The Kier molecular flexibility index (Phi) is 3.99. The molecule has 2 amide bonds. The summed E-state index contributed by atoms with van der Waals surface area (Å²) in [4.78, 5) is 34.2. The van der Waals surface area contributed by atoms with E-state index in [0.29, 0.717) is 24.1 Å². The molecule has 140 valence electrons. The summed E-state index contributed by atoms with van der Waals surface area (Å²) >= 11 is 0. The first-order valence-corrected chi connectivity index (χ1v) is 9.88. The summed E-state index contributed by atoms with van der Waals surface area (Å²) in [6, 6.07) is 8.04. The zero-order valence-electron chi connectivity index (χ0n) is 15.3. The van der Waals surface area contributed by atoms with Gasteiger partial charge in [0.05, 0.1) is 0 Å². The second-order valence-corrected chi connectivity index (χ2v) is 8.03. The molecule has 6 rings (SSSR count). The maximum atomic E-state index is 13.3. The third-order valence-electron chi connectivity index (χ3n) is 6.13. The summed E-state index contributed by atoms with van der Waals surface area (Å²) in [5, 5.41) is 0. The summed E-state index contributed by atoms with van der Waals surface area (Å²) in [7, 11) is 0. The maximum absolute atomic E-state index is 13.3. The van der Waals surface area contributed by atoms with Crippen molar-refractivity contribution in [2.45, 2.75) is 37.8 Å². The molecule has 5 heterocycles. The van der Waals surface area contributed by atoms with Gasteiger partial charge in [-0.25, -0.2) is 0 Å². The van der Waals surface area contributed by atoms with Crippen LogP contribution in [0.25, 0.3) is 0 Å². The number of aromatic nitrogens is 2. The Morgan fingerprint density at radius 3 is 2.44 bits per heavy atom. The molecule has 6 nitrogen and oxygen atoms in total. The summed E-state index contributed by atoms with van der Waals surface area (Å²) in [6.07, 6.45) is 9.71. The van der Waals surface area contributed by atoms with Crippen molar-refractivity contribution in [3.63, 3.8) is 0 Å². The first-order valence-electron chi connectivity index (χ1n) is 9.88. The van der Waals surface area contributed by atoms with Gasteiger partial charge in [-0.2, -0.15) is 0 Å². The number of hydrogen-bond donors (Lipinski definition) is 0. The van der Waals surface area contributed by atoms with E-state index < -0.39 is 0 Å². The highest BCUT2D eigenvalue weighted by Crippen LogP contribution is 2.37. The van der Waals surface area contributed by atoms with E-state index in [1.807, 2.05) is 28.1 Å². The average molecular weight is 364 g/mol. The highest BCUT2D eigenvalue weighted by Gasteiger charge is 2.40. The number of nitrogens with zero attached hydrogens (tertiary/aromatic N) is 4. The van der Waals surface area contributed by atoms with E-state index in [4.69, 9.17) is 0 Å². The van der Waals surface area contributed by atoms with Gasteiger partial charge in [-0.3, -0.25) is 14.6 Å². The predicted molar refractivity (Wildman–Crippen MR) is 100 cm³/mol. The standard InChI is InChI=1S/C21H24N4O2/c26-20(16-7-9-22-10-8-16)23-12-15-3-4-18(14-23)25(13-15)21(27)19-2-1-11-24(19)17-5-6-17/h1-2,7-11,15,17-18H,3-6,12-14H2/t15-,18+/m0/s1. The number of rotatable bonds is 3. The SMILES string of the molecule is O=C(c1ccncc1)N1C[C@@H]2CC[C@H](C1)N(C(=O)c1cccn1C1CC1)C2. The van der Waals surface area contributed by atoms with E-state index in [0.717, 1.165) is 44.5 Å². The summed E-state index contributed by atoms with van der Waals surface area (Å²) in [6.45, 7) is 2.10. The number of hydrogen-bond acceptors (Lipinski definition) is 3. The lowest BCUT2D eigenvalue weighted by Gasteiger charge is -2.36. The van der Waals surface area contributed by atoms with Gasteiger partial charge in [-0.15, -0.1) is 0 Å². The fourth-order valence-electron chi connectivity index (χ4n) is 4.57. The Morgan fingerprint density at radius 2 is 1.67 bits per heavy atom. The van der Waals surface area contributed by atoms with Gasteiger partial charge in [0.15, 0.2) is 0 Å². The topological polar surface area (TPSA) is 58.4 Å². The van der Waals surface area contributed by atoms with Crippen LogP contribution in [0.1, 0.15) is 52.6 Å². The number of piperidine rings is 1. The molecule has 0 unspecified atom stereocenters. The van der Waals surface area contributed by atoms with E-state index in [-0.39, 0.29) is 17.9 Å². The lowest BCUT2D eigenvalue weighted by atomic mass is 9.94. The third kappa shape index (κ3) is 3.03. The van der Waals surface area contributed by atoms with Gasteiger partial charge in [0.2, 0.25) is 0 Å². The fourth-order valence-corrected chi connectivity index (χ4v) is 4.57. The number of fused-ring (bicyclic) bond motifs is 4. The Morgan fingerprint density at radius 1 is 0.889 bits per heavy atom. The second kappa shape index (κ2) is 6.51.